The predicted molar refractivity (Wildman–Crippen MR) is 81.7 cm³/mol. The predicted octanol–water partition coefficient (Wildman–Crippen LogP) is 2.82. The lowest BCUT2D eigenvalue weighted by atomic mass is 9.98. The highest BCUT2D eigenvalue weighted by molar-refractivity contribution is 7.99. The lowest BCUT2D eigenvalue weighted by molar-refractivity contribution is -0.137. The van der Waals surface area contributed by atoms with Crippen LogP contribution >= 0.6 is 11.8 Å². The number of carbonyl (C=O) groups excluding carboxylic acids is 1. The van der Waals surface area contributed by atoms with Gasteiger partial charge in [0, 0.05) is 17.7 Å². The van der Waals surface area contributed by atoms with E-state index >= 15 is 0 Å². The summed E-state index contributed by atoms with van der Waals surface area (Å²) < 4.78 is 12.7. The number of hydrogen-bond donors (Lipinski definition) is 2. The first-order valence-electron chi connectivity index (χ1n) is 6.63. The molecule has 116 valence electrons. The van der Waals surface area contributed by atoms with Gasteiger partial charge in [0.05, 0.1) is 5.75 Å². The zero-order valence-electron chi connectivity index (χ0n) is 12.2. The number of thioether (sulfide) groups is 1. The van der Waals surface area contributed by atoms with Crippen LogP contribution in [-0.4, -0.2) is 28.3 Å². The number of aliphatic carboxylic acids is 1. The zero-order valence-corrected chi connectivity index (χ0v) is 13.0. The van der Waals surface area contributed by atoms with Crippen LogP contribution in [0.3, 0.4) is 0 Å². The SMILES string of the molecule is CC(C)(CCC(=O)O)NC(=O)CSCc1ccc(F)cc1. The van der Waals surface area contributed by atoms with Crippen LogP contribution in [0.4, 0.5) is 4.39 Å². The van der Waals surface area contributed by atoms with Gasteiger partial charge in [0.15, 0.2) is 0 Å². The minimum absolute atomic E-state index is 0.0238. The second-order valence-electron chi connectivity index (χ2n) is 5.45. The Hall–Kier alpha value is -1.56. The lowest BCUT2D eigenvalue weighted by Crippen LogP contribution is -2.44. The Kier molecular flexibility index (Phi) is 6.68. The van der Waals surface area contributed by atoms with Gasteiger partial charge < -0.3 is 10.4 Å². The third kappa shape index (κ3) is 7.70. The molecular weight excluding hydrogens is 293 g/mol. The summed E-state index contributed by atoms with van der Waals surface area (Å²) in [7, 11) is 0. The largest absolute Gasteiger partial charge is 0.481 e. The summed E-state index contributed by atoms with van der Waals surface area (Å²) in [4.78, 5) is 22.3. The van der Waals surface area contributed by atoms with Crippen molar-refractivity contribution < 1.29 is 19.1 Å². The number of benzene rings is 1. The average molecular weight is 313 g/mol. The molecule has 21 heavy (non-hydrogen) atoms. The molecule has 0 aliphatic carbocycles. The van der Waals surface area contributed by atoms with Crippen LogP contribution < -0.4 is 5.32 Å². The monoisotopic (exact) mass is 313 g/mol. The highest BCUT2D eigenvalue weighted by Crippen LogP contribution is 2.15. The maximum absolute atomic E-state index is 12.7. The third-order valence-corrected chi connectivity index (χ3v) is 3.86. The van der Waals surface area contributed by atoms with Gasteiger partial charge in [-0.05, 0) is 38.0 Å². The second-order valence-corrected chi connectivity index (χ2v) is 6.43. The van der Waals surface area contributed by atoms with Crippen LogP contribution in [0.15, 0.2) is 24.3 Å². The van der Waals surface area contributed by atoms with Gasteiger partial charge in [0.2, 0.25) is 5.91 Å². The standard InChI is InChI=1S/C15H20FNO3S/c1-15(2,8-7-14(19)20)17-13(18)10-21-9-11-3-5-12(16)6-4-11/h3-6H,7-10H2,1-2H3,(H,17,18)(H,19,20). The molecule has 0 atom stereocenters. The van der Waals surface area contributed by atoms with Gasteiger partial charge >= 0.3 is 5.97 Å². The van der Waals surface area contributed by atoms with Crippen molar-refractivity contribution in [3.8, 4) is 0 Å². The van der Waals surface area contributed by atoms with Crippen LogP contribution in [0.5, 0.6) is 0 Å². The van der Waals surface area contributed by atoms with Gasteiger partial charge in [0.1, 0.15) is 5.82 Å². The molecule has 1 rings (SSSR count). The van der Waals surface area contributed by atoms with E-state index in [1.165, 1.54) is 23.9 Å². The van der Waals surface area contributed by atoms with E-state index in [1.807, 2.05) is 0 Å². The summed E-state index contributed by atoms with van der Waals surface area (Å²) >= 11 is 1.43. The van der Waals surface area contributed by atoms with E-state index in [9.17, 15) is 14.0 Å². The molecule has 0 unspecified atom stereocenters. The van der Waals surface area contributed by atoms with Crippen molar-refractivity contribution in [1.82, 2.24) is 5.32 Å². The Labute approximate surface area is 128 Å². The Balaban J connectivity index is 2.30. The van der Waals surface area contributed by atoms with Gasteiger partial charge in [-0.15, -0.1) is 11.8 Å². The number of carboxylic acid groups (broad SMARTS) is 1. The first-order chi connectivity index (χ1) is 9.78. The molecule has 2 N–H and O–H groups in total. The van der Waals surface area contributed by atoms with Gasteiger partial charge in [0.25, 0.3) is 0 Å². The first-order valence-corrected chi connectivity index (χ1v) is 7.79. The fourth-order valence-electron chi connectivity index (χ4n) is 1.74. The normalized spacial score (nSPS) is 11.2. The Morgan fingerprint density at radius 3 is 2.48 bits per heavy atom. The van der Waals surface area contributed by atoms with E-state index in [0.717, 1.165) is 5.56 Å². The molecule has 0 bridgehead atoms. The van der Waals surface area contributed by atoms with Gasteiger partial charge in [-0.3, -0.25) is 9.59 Å². The van der Waals surface area contributed by atoms with Crippen molar-refractivity contribution in [2.24, 2.45) is 0 Å². The van der Waals surface area contributed by atoms with E-state index in [2.05, 4.69) is 5.32 Å². The van der Waals surface area contributed by atoms with Crippen molar-refractivity contribution in [3.63, 3.8) is 0 Å². The quantitative estimate of drug-likeness (QED) is 0.774. The molecule has 1 aromatic rings. The average Bonchev–Trinajstić information content (AvgIpc) is 2.38. The molecule has 6 heteroatoms. The molecule has 0 aromatic heterocycles. The maximum atomic E-state index is 12.7. The van der Waals surface area contributed by atoms with E-state index in [4.69, 9.17) is 5.11 Å². The van der Waals surface area contributed by atoms with E-state index in [0.29, 0.717) is 12.2 Å². The summed E-state index contributed by atoms with van der Waals surface area (Å²) in [6.07, 6.45) is 0.409. The fourth-order valence-corrected chi connectivity index (χ4v) is 2.53. The van der Waals surface area contributed by atoms with Crippen molar-refractivity contribution >= 4 is 23.6 Å². The number of carbonyl (C=O) groups is 2. The Morgan fingerprint density at radius 1 is 1.29 bits per heavy atom. The number of rotatable bonds is 8. The van der Waals surface area contributed by atoms with Crippen molar-refractivity contribution in [3.05, 3.63) is 35.6 Å². The minimum atomic E-state index is -0.872. The van der Waals surface area contributed by atoms with E-state index in [-0.39, 0.29) is 23.9 Å². The molecule has 0 fully saturated rings. The van der Waals surface area contributed by atoms with Crippen LogP contribution in [0.2, 0.25) is 0 Å². The number of nitrogens with one attached hydrogen (secondary N) is 1. The summed E-state index contributed by atoms with van der Waals surface area (Å²) in [5.74, 6) is -0.362. The molecule has 0 radical (unpaired) electrons. The fraction of sp³-hybridized carbons (Fsp3) is 0.467. The highest BCUT2D eigenvalue weighted by atomic mass is 32.2. The van der Waals surface area contributed by atoms with Gasteiger partial charge in [-0.1, -0.05) is 12.1 Å². The third-order valence-electron chi connectivity index (χ3n) is 2.86. The van der Waals surface area contributed by atoms with Crippen LogP contribution in [-0.2, 0) is 15.3 Å². The smallest absolute Gasteiger partial charge is 0.303 e. The zero-order chi connectivity index (χ0) is 15.9. The molecule has 0 saturated heterocycles. The second kappa shape index (κ2) is 8.02. The molecule has 0 aliphatic rings. The Bertz CT molecular complexity index is 488. The molecule has 0 heterocycles. The highest BCUT2D eigenvalue weighted by Gasteiger charge is 2.21. The molecular formula is C15H20FNO3S. The summed E-state index contributed by atoms with van der Waals surface area (Å²) in [5, 5.41) is 11.5. The summed E-state index contributed by atoms with van der Waals surface area (Å²) in [5.41, 5.74) is 0.422. The van der Waals surface area contributed by atoms with Crippen molar-refractivity contribution in [2.45, 2.75) is 38.0 Å². The topological polar surface area (TPSA) is 66.4 Å². The summed E-state index contributed by atoms with van der Waals surface area (Å²) in [6, 6.07) is 6.17. The molecule has 0 saturated carbocycles. The van der Waals surface area contributed by atoms with Gasteiger partial charge in [-0.25, -0.2) is 4.39 Å². The molecule has 4 nitrogen and oxygen atoms in total. The molecule has 0 aliphatic heterocycles. The van der Waals surface area contributed by atoms with Crippen molar-refractivity contribution in [2.75, 3.05) is 5.75 Å². The number of hydrogen-bond acceptors (Lipinski definition) is 3. The first kappa shape index (κ1) is 17.5. The maximum Gasteiger partial charge on any atom is 0.303 e. The lowest BCUT2D eigenvalue weighted by Gasteiger charge is -2.25. The molecule has 0 spiro atoms. The van der Waals surface area contributed by atoms with Crippen LogP contribution in [0, 0.1) is 5.82 Å². The van der Waals surface area contributed by atoms with Gasteiger partial charge in [-0.2, -0.15) is 0 Å². The van der Waals surface area contributed by atoms with Crippen molar-refractivity contribution in [1.29, 1.82) is 0 Å². The number of carboxylic acids is 1. The molecule has 1 amide bonds. The number of amides is 1. The van der Waals surface area contributed by atoms with E-state index in [1.54, 1.807) is 26.0 Å². The van der Waals surface area contributed by atoms with Crippen LogP contribution in [0.1, 0.15) is 32.3 Å². The Morgan fingerprint density at radius 2 is 1.90 bits per heavy atom. The molecule has 1 aromatic carbocycles. The number of halogens is 1. The van der Waals surface area contributed by atoms with Crippen LogP contribution in [0.25, 0.3) is 0 Å². The van der Waals surface area contributed by atoms with E-state index < -0.39 is 11.5 Å². The summed E-state index contributed by atoms with van der Waals surface area (Å²) in [6.45, 7) is 3.61. The minimum Gasteiger partial charge on any atom is -0.481 e.